The topological polar surface area (TPSA) is 50.8 Å². The third-order valence-electron chi connectivity index (χ3n) is 5.61. The molecule has 1 aromatic carbocycles. The van der Waals surface area contributed by atoms with Crippen molar-refractivity contribution in [3.63, 3.8) is 0 Å². The van der Waals surface area contributed by atoms with E-state index in [1.165, 1.54) is 42.4 Å². The number of amides is 1. The van der Waals surface area contributed by atoms with E-state index >= 15 is 0 Å². The van der Waals surface area contributed by atoms with Gasteiger partial charge in [-0.1, -0.05) is 11.6 Å². The number of carbonyl (C=O) groups excluding carboxylic acids is 1. The van der Waals surface area contributed by atoms with Crippen molar-refractivity contribution in [2.75, 3.05) is 33.9 Å². The summed E-state index contributed by atoms with van der Waals surface area (Å²) in [7, 11) is 3.33. The summed E-state index contributed by atoms with van der Waals surface area (Å²) in [5, 5.41) is 3.08. The third-order valence-corrected chi connectivity index (χ3v) is 5.61. The molecule has 1 heterocycles. The Bertz CT molecular complexity index is 684. The van der Waals surface area contributed by atoms with Gasteiger partial charge in [-0.25, -0.2) is 0 Å². The molecule has 1 aromatic rings. The molecule has 0 unspecified atom stereocenters. The maximum atomic E-state index is 12.2. The van der Waals surface area contributed by atoms with Crippen molar-refractivity contribution in [3.05, 3.63) is 34.9 Å². The fourth-order valence-corrected chi connectivity index (χ4v) is 3.97. The van der Waals surface area contributed by atoms with Gasteiger partial charge in [0.05, 0.1) is 14.2 Å². The molecule has 5 heteroatoms. The van der Waals surface area contributed by atoms with Crippen molar-refractivity contribution in [2.45, 2.75) is 51.5 Å². The minimum atomic E-state index is 0.157. The zero-order chi connectivity index (χ0) is 19.1. The summed E-state index contributed by atoms with van der Waals surface area (Å²) in [4.78, 5) is 14.5. The Hall–Kier alpha value is -2.01. The number of methoxy groups -OCH3 is 2. The van der Waals surface area contributed by atoms with Crippen LogP contribution in [0.25, 0.3) is 0 Å². The van der Waals surface area contributed by atoms with Crippen LogP contribution < -0.4 is 14.8 Å². The fourth-order valence-electron chi connectivity index (χ4n) is 3.97. The van der Waals surface area contributed by atoms with Crippen LogP contribution >= 0.6 is 0 Å². The van der Waals surface area contributed by atoms with Gasteiger partial charge < -0.3 is 14.8 Å². The SMILES string of the molecule is COc1cc2c(cc1OC)CN(CCC(=O)NCCC1=CCCCC1)CC2. The van der Waals surface area contributed by atoms with Crippen LogP contribution in [-0.2, 0) is 17.8 Å². The van der Waals surface area contributed by atoms with E-state index < -0.39 is 0 Å². The summed E-state index contributed by atoms with van der Waals surface area (Å²) < 4.78 is 10.8. The minimum absolute atomic E-state index is 0.157. The summed E-state index contributed by atoms with van der Waals surface area (Å²) in [5.41, 5.74) is 4.09. The summed E-state index contributed by atoms with van der Waals surface area (Å²) in [6, 6.07) is 4.15. The highest BCUT2D eigenvalue weighted by Crippen LogP contribution is 2.33. The lowest BCUT2D eigenvalue weighted by molar-refractivity contribution is -0.121. The Morgan fingerprint density at radius 3 is 2.59 bits per heavy atom. The van der Waals surface area contributed by atoms with E-state index in [-0.39, 0.29) is 5.91 Å². The number of nitrogens with one attached hydrogen (secondary N) is 1. The van der Waals surface area contributed by atoms with E-state index in [1.807, 2.05) is 0 Å². The van der Waals surface area contributed by atoms with Gasteiger partial charge in [-0.05, 0) is 61.8 Å². The Labute approximate surface area is 162 Å². The van der Waals surface area contributed by atoms with Gasteiger partial charge in [0, 0.05) is 32.6 Å². The average molecular weight is 373 g/mol. The van der Waals surface area contributed by atoms with Crippen LogP contribution in [0, 0.1) is 0 Å². The minimum Gasteiger partial charge on any atom is -0.493 e. The molecule has 0 atom stereocenters. The van der Waals surface area contributed by atoms with Gasteiger partial charge in [0.15, 0.2) is 11.5 Å². The first-order valence-corrected chi connectivity index (χ1v) is 10.1. The first-order valence-electron chi connectivity index (χ1n) is 10.1. The van der Waals surface area contributed by atoms with Gasteiger partial charge >= 0.3 is 0 Å². The molecule has 1 aliphatic heterocycles. The monoisotopic (exact) mass is 372 g/mol. The summed E-state index contributed by atoms with van der Waals surface area (Å²) >= 11 is 0. The molecule has 2 aliphatic rings. The van der Waals surface area contributed by atoms with E-state index in [9.17, 15) is 4.79 Å². The Morgan fingerprint density at radius 2 is 1.89 bits per heavy atom. The predicted molar refractivity (Wildman–Crippen MR) is 107 cm³/mol. The molecule has 0 spiro atoms. The summed E-state index contributed by atoms with van der Waals surface area (Å²) in [6.45, 7) is 3.39. The highest BCUT2D eigenvalue weighted by Gasteiger charge is 2.19. The predicted octanol–water partition coefficient (Wildman–Crippen LogP) is 3.46. The lowest BCUT2D eigenvalue weighted by Crippen LogP contribution is -2.35. The van der Waals surface area contributed by atoms with Crippen LogP contribution in [-0.4, -0.2) is 44.7 Å². The van der Waals surface area contributed by atoms with E-state index in [2.05, 4.69) is 28.4 Å². The van der Waals surface area contributed by atoms with Crippen molar-refractivity contribution >= 4 is 5.91 Å². The summed E-state index contributed by atoms with van der Waals surface area (Å²) in [6.07, 6.45) is 9.91. The van der Waals surface area contributed by atoms with Crippen LogP contribution in [0.15, 0.2) is 23.8 Å². The van der Waals surface area contributed by atoms with Crippen molar-refractivity contribution in [1.29, 1.82) is 0 Å². The van der Waals surface area contributed by atoms with E-state index in [0.29, 0.717) is 6.42 Å². The van der Waals surface area contributed by atoms with E-state index in [1.54, 1.807) is 14.2 Å². The number of ether oxygens (including phenoxy) is 2. The van der Waals surface area contributed by atoms with E-state index in [0.717, 1.165) is 50.5 Å². The first kappa shape index (κ1) is 19.7. The normalized spacial score (nSPS) is 17.0. The van der Waals surface area contributed by atoms with Crippen LogP contribution in [0.5, 0.6) is 11.5 Å². The maximum absolute atomic E-state index is 12.2. The molecule has 0 radical (unpaired) electrons. The molecule has 1 amide bonds. The third kappa shape index (κ3) is 5.48. The lowest BCUT2D eigenvalue weighted by Gasteiger charge is -2.29. The van der Waals surface area contributed by atoms with E-state index in [4.69, 9.17) is 9.47 Å². The number of benzene rings is 1. The van der Waals surface area contributed by atoms with Gasteiger partial charge in [0.1, 0.15) is 0 Å². The quantitative estimate of drug-likeness (QED) is 0.710. The zero-order valence-corrected chi connectivity index (χ0v) is 16.7. The number of nitrogens with zero attached hydrogens (tertiary/aromatic N) is 1. The second-order valence-electron chi connectivity index (χ2n) is 7.46. The molecule has 0 saturated carbocycles. The molecule has 0 bridgehead atoms. The van der Waals surface area contributed by atoms with Crippen LogP contribution in [0.4, 0.5) is 0 Å². The second-order valence-corrected chi connectivity index (χ2v) is 7.46. The molecule has 0 saturated heterocycles. The van der Waals surface area contributed by atoms with Crippen molar-refractivity contribution in [1.82, 2.24) is 10.2 Å². The smallest absolute Gasteiger partial charge is 0.221 e. The molecule has 0 fully saturated rings. The zero-order valence-electron chi connectivity index (χ0n) is 16.7. The lowest BCUT2D eigenvalue weighted by atomic mass is 9.97. The molecule has 0 aromatic heterocycles. The van der Waals surface area contributed by atoms with Crippen molar-refractivity contribution < 1.29 is 14.3 Å². The maximum Gasteiger partial charge on any atom is 0.221 e. The Balaban J connectivity index is 1.43. The number of rotatable bonds is 8. The largest absolute Gasteiger partial charge is 0.493 e. The molecular formula is C22H32N2O3. The van der Waals surface area contributed by atoms with Crippen molar-refractivity contribution in [3.8, 4) is 11.5 Å². The highest BCUT2D eigenvalue weighted by molar-refractivity contribution is 5.76. The van der Waals surface area contributed by atoms with Crippen LogP contribution in [0.3, 0.4) is 0 Å². The van der Waals surface area contributed by atoms with Gasteiger partial charge in [-0.15, -0.1) is 0 Å². The van der Waals surface area contributed by atoms with Crippen LogP contribution in [0.2, 0.25) is 0 Å². The molecule has 1 aliphatic carbocycles. The molecule has 1 N–H and O–H groups in total. The standard InChI is InChI=1S/C22H32N2O3/c1-26-20-14-18-9-12-24(16-19(18)15-21(20)27-2)13-10-22(25)23-11-8-17-6-4-3-5-7-17/h6,14-15H,3-5,7-13,16H2,1-2H3,(H,23,25). The number of carbonyl (C=O) groups is 1. The number of hydrogen-bond acceptors (Lipinski definition) is 4. The molecule has 3 rings (SSSR count). The Morgan fingerprint density at radius 1 is 1.11 bits per heavy atom. The fraction of sp³-hybridized carbons (Fsp3) is 0.591. The molecular weight excluding hydrogens is 340 g/mol. The first-order chi connectivity index (χ1) is 13.2. The van der Waals surface area contributed by atoms with Crippen molar-refractivity contribution in [2.24, 2.45) is 0 Å². The van der Waals surface area contributed by atoms with Gasteiger partial charge in [0.25, 0.3) is 0 Å². The number of hydrogen-bond donors (Lipinski definition) is 1. The number of fused-ring (bicyclic) bond motifs is 1. The Kier molecular flexibility index (Phi) is 7.16. The van der Waals surface area contributed by atoms with Gasteiger partial charge in [0.2, 0.25) is 5.91 Å². The van der Waals surface area contributed by atoms with Crippen LogP contribution in [0.1, 0.15) is 49.7 Å². The summed E-state index contributed by atoms with van der Waals surface area (Å²) in [5.74, 6) is 1.72. The average Bonchev–Trinajstić information content (AvgIpc) is 2.71. The van der Waals surface area contributed by atoms with Gasteiger partial charge in [-0.3, -0.25) is 9.69 Å². The number of allylic oxidation sites excluding steroid dienone is 1. The second kappa shape index (κ2) is 9.79. The van der Waals surface area contributed by atoms with Gasteiger partial charge in [-0.2, -0.15) is 0 Å². The molecule has 5 nitrogen and oxygen atoms in total. The molecule has 27 heavy (non-hydrogen) atoms. The molecule has 148 valence electrons. The highest BCUT2D eigenvalue weighted by atomic mass is 16.5.